The molecule has 55 heavy (non-hydrogen) atoms. The summed E-state index contributed by atoms with van der Waals surface area (Å²) in [6.07, 6.45) is 2.73. The van der Waals surface area contributed by atoms with Gasteiger partial charge >= 0.3 is 12.1 Å². The normalized spacial score (nSPS) is 13.8. The van der Waals surface area contributed by atoms with Crippen LogP contribution in [0, 0.1) is 5.92 Å². The number of aliphatic hydroxyl groups excluding tert-OH is 1. The van der Waals surface area contributed by atoms with Gasteiger partial charge in [-0.15, -0.1) is 13.2 Å². The predicted molar refractivity (Wildman–Crippen MR) is 212 cm³/mol. The van der Waals surface area contributed by atoms with Gasteiger partial charge in [-0.25, -0.2) is 9.59 Å². The summed E-state index contributed by atoms with van der Waals surface area (Å²) in [7, 11) is 0. The Bertz CT molecular complexity index is 1870. The largest absolute Gasteiger partial charge is 0.454 e. The summed E-state index contributed by atoms with van der Waals surface area (Å²) in [6.45, 7) is 7.25. The number of esters is 1. The average molecular weight is 744 g/mol. The molecule has 0 bridgehead atoms. The first-order valence-corrected chi connectivity index (χ1v) is 18.6. The second kappa shape index (κ2) is 20.5. The lowest BCUT2D eigenvalue weighted by Crippen LogP contribution is -2.44. The van der Waals surface area contributed by atoms with Crippen LogP contribution in [-0.2, 0) is 30.3 Å². The van der Waals surface area contributed by atoms with Crippen molar-refractivity contribution in [2.45, 2.75) is 56.2 Å². The zero-order valence-corrected chi connectivity index (χ0v) is 30.9. The van der Waals surface area contributed by atoms with Crippen LogP contribution >= 0.6 is 0 Å². The highest BCUT2D eigenvalue weighted by molar-refractivity contribution is 5.86. The maximum atomic E-state index is 13.7. The molecule has 0 aromatic heterocycles. The number of allylic oxidation sites excluding steroid dienone is 2. The summed E-state index contributed by atoms with van der Waals surface area (Å²) in [5.41, 5.74) is 5.94. The molecule has 0 fully saturated rings. The molecule has 3 amide bonds. The van der Waals surface area contributed by atoms with E-state index in [1.165, 1.54) is 0 Å². The fourth-order valence-corrected chi connectivity index (χ4v) is 6.83. The maximum absolute atomic E-state index is 13.7. The quantitative estimate of drug-likeness (QED) is 0.0593. The van der Waals surface area contributed by atoms with E-state index in [1.54, 1.807) is 36.4 Å². The zero-order valence-electron chi connectivity index (χ0n) is 30.9. The minimum atomic E-state index is -1.05. The summed E-state index contributed by atoms with van der Waals surface area (Å²) in [5, 5.41) is 18.3. The van der Waals surface area contributed by atoms with Crippen molar-refractivity contribution < 1.29 is 33.8 Å². The number of alkyl carbamates (subject to hydrolysis) is 1. The summed E-state index contributed by atoms with van der Waals surface area (Å²) >= 11 is 0. The molecule has 0 saturated heterocycles. The highest BCUT2D eigenvalue weighted by atomic mass is 16.6. The lowest BCUT2D eigenvalue weighted by molar-refractivity contribution is -0.152. The first kappa shape index (κ1) is 40.2. The highest BCUT2D eigenvalue weighted by Gasteiger charge is 2.31. The van der Waals surface area contributed by atoms with Crippen LogP contribution in [0.1, 0.15) is 60.0 Å². The van der Waals surface area contributed by atoms with E-state index in [0.717, 1.165) is 27.8 Å². The number of hydrogen-bond acceptors (Lipinski definition) is 7. The van der Waals surface area contributed by atoms with Crippen LogP contribution in [0.15, 0.2) is 135 Å². The molecule has 10 nitrogen and oxygen atoms in total. The Hall–Kier alpha value is -6.00. The molecule has 0 radical (unpaired) electrons. The van der Waals surface area contributed by atoms with Crippen molar-refractivity contribution in [3.63, 3.8) is 0 Å². The first-order valence-electron chi connectivity index (χ1n) is 18.6. The van der Waals surface area contributed by atoms with E-state index in [1.807, 2.05) is 72.8 Å². The fourth-order valence-electron chi connectivity index (χ4n) is 6.83. The third-order valence-corrected chi connectivity index (χ3v) is 9.64. The van der Waals surface area contributed by atoms with Gasteiger partial charge in [0.2, 0.25) is 11.8 Å². The molecule has 4 atom stereocenters. The van der Waals surface area contributed by atoms with Crippen LogP contribution in [0.3, 0.4) is 0 Å². The van der Waals surface area contributed by atoms with E-state index in [9.17, 15) is 24.3 Å². The Balaban J connectivity index is 1.20. The Labute approximate surface area is 322 Å². The van der Waals surface area contributed by atoms with Crippen molar-refractivity contribution in [2.75, 3.05) is 19.8 Å². The Morgan fingerprint density at radius 1 is 0.782 bits per heavy atom. The number of amides is 3. The number of fused-ring (bicyclic) bond motifs is 3. The number of rotatable bonds is 20. The third-order valence-electron chi connectivity index (χ3n) is 9.64. The van der Waals surface area contributed by atoms with E-state index < -0.39 is 42.1 Å². The minimum absolute atomic E-state index is 0.0827. The second-order valence-corrected chi connectivity index (χ2v) is 13.5. The average Bonchev–Trinajstić information content (AvgIpc) is 3.53. The van der Waals surface area contributed by atoms with Crippen LogP contribution in [-0.4, -0.2) is 60.8 Å². The van der Waals surface area contributed by atoms with Gasteiger partial charge < -0.3 is 30.5 Å². The molecule has 0 saturated carbocycles. The van der Waals surface area contributed by atoms with E-state index >= 15 is 0 Å². The van der Waals surface area contributed by atoms with Gasteiger partial charge in [-0.3, -0.25) is 9.59 Å². The van der Waals surface area contributed by atoms with Crippen LogP contribution in [0.2, 0.25) is 0 Å². The summed E-state index contributed by atoms with van der Waals surface area (Å²) < 4.78 is 11.7. The molecule has 0 heterocycles. The van der Waals surface area contributed by atoms with Crippen molar-refractivity contribution in [3.8, 4) is 11.1 Å². The predicted octanol–water partition coefficient (Wildman–Crippen LogP) is 6.56. The van der Waals surface area contributed by atoms with Gasteiger partial charge in [-0.1, -0.05) is 121 Å². The van der Waals surface area contributed by atoms with Crippen LogP contribution in [0.25, 0.3) is 11.1 Å². The minimum Gasteiger partial charge on any atom is -0.454 e. The van der Waals surface area contributed by atoms with Gasteiger partial charge in [0.05, 0.1) is 25.1 Å². The molecule has 4 N–H and O–H groups in total. The lowest BCUT2D eigenvalue weighted by atomic mass is 9.98. The van der Waals surface area contributed by atoms with Gasteiger partial charge in [0.1, 0.15) is 18.8 Å². The Morgan fingerprint density at radius 2 is 1.40 bits per heavy atom. The standard InChI is InChI=1S/C45H49N3O7/c1-3-5-25-40(48-45(53)54-30-39-37-23-14-12-21-35(37)36-22-13-15-24-38(36)39)44(52)55-41(32-19-10-7-11-20-32)28-46-43(51)33(16-4-2)27-42(50)47-34(29-49)26-31-17-8-6-9-18-31/h3-4,6-15,17-24,33-34,39-41,49H,1-2,5,16,25-30H2,(H,46,51)(H,47,50)(H,48,53)/t33-,34+,40-,41+/m0/s1. The van der Waals surface area contributed by atoms with Crippen molar-refractivity contribution in [1.29, 1.82) is 0 Å². The molecule has 0 spiro atoms. The maximum Gasteiger partial charge on any atom is 0.407 e. The van der Waals surface area contributed by atoms with Gasteiger partial charge in [-0.2, -0.15) is 0 Å². The van der Waals surface area contributed by atoms with Crippen molar-refractivity contribution in [3.05, 3.63) is 157 Å². The molecule has 4 aromatic rings. The number of aliphatic hydroxyl groups is 1. The monoisotopic (exact) mass is 743 g/mol. The summed E-state index contributed by atoms with van der Waals surface area (Å²) in [6, 6.07) is 32.9. The molecular weight excluding hydrogens is 695 g/mol. The highest BCUT2D eigenvalue weighted by Crippen LogP contribution is 2.44. The number of hydrogen-bond donors (Lipinski definition) is 4. The van der Waals surface area contributed by atoms with Gasteiger partial charge in [0, 0.05) is 12.3 Å². The topological polar surface area (TPSA) is 143 Å². The van der Waals surface area contributed by atoms with Crippen molar-refractivity contribution in [2.24, 2.45) is 5.92 Å². The van der Waals surface area contributed by atoms with E-state index in [-0.39, 0.29) is 50.8 Å². The smallest absolute Gasteiger partial charge is 0.407 e. The van der Waals surface area contributed by atoms with Crippen molar-refractivity contribution in [1.82, 2.24) is 16.0 Å². The number of nitrogens with one attached hydrogen (secondary N) is 3. The summed E-state index contributed by atoms with van der Waals surface area (Å²) in [4.78, 5) is 53.4. The summed E-state index contributed by atoms with van der Waals surface area (Å²) in [5.74, 6) is -2.41. The number of carbonyl (C=O) groups excluding carboxylic acids is 4. The molecular formula is C45H49N3O7. The molecule has 0 aliphatic heterocycles. The van der Waals surface area contributed by atoms with Crippen LogP contribution in [0.5, 0.6) is 0 Å². The molecule has 1 aliphatic rings. The zero-order chi connectivity index (χ0) is 39.0. The molecule has 10 heteroatoms. The van der Waals surface area contributed by atoms with Crippen LogP contribution in [0.4, 0.5) is 4.79 Å². The Kier molecular flexibility index (Phi) is 14.9. The van der Waals surface area contributed by atoms with E-state index in [4.69, 9.17) is 9.47 Å². The number of benzene rings is 4. The Morgan fingerprint density at radius 3 is 2.02 bits per heavy atom. The van der Waals surface area contributed by atoms with Crippen molar-refractivity contribution >= 4 is 23.9 Å². The molecule has 5 rings (SSSR count). The first-order chi connectivity index (χ1) is 26.8. The molecule has 286 valence electrons. The SMILES string of the molecule is C=CCC[C@H](NC(=O)OCC1c2ccccc2-c2ccccc21)C(=O)O[C@H](CNC(=O)[C@@H](CC=C)CC(=O)N[C@@H](CO)Cc1ccccc1)c1ccccc1. The van der Waals surface area contributed by atoms with Gasteiger partial charge in [-0.05, 0) is 59.1 Å². The van der Waals surface area contributed by atoms with Crippen LogP contribution < -0.4 is 16.0 Å². The molecule has 0 unspecified atom stereocenters. The molecule has 4 aromatic carbocycles. The van der Waals surface area contributed by atoms with Gasteiger partial charge in [0.15, 0.2) is 0 Å². The van der Waals surface area contributed by atoms with E-state index in [2.05, 4.69) is 41.2 Å². The number of carbonyl (C=O) groups is 4. The number of ether oxygens (including phenoxy) is 2. The van der Waals surface area contributed by atoms with E-state index in [0.29, 0.717) is 18.4 Å². The lowest BCUT2D eigenvalue weighted by Gasteiger charge is -2.24. The third kappa shape index (κ3) is 11.3. The molecule has 1 aliphatic carbocycles. The fraction of sp³-hybridized carbons (Fsp3) is 0.289. The van der Waals surface area contributed by atoms with Gasteiger partial charge in [0.25, 0.3) is 0 Å². The second-order valence-electron chi connectivity index (χ2n) is 13.5.